The van der Waals surface area contributed by atoms with E-state index in [1.807, 2.05) is 0 Å². The van der Waals surface area contributed by atoms with Crippen LogP contribution in [0, 0.1) is 5.82 Å². The Labute approximate surface area is 93.5 Å². The van der Waals surface area contributed by atoms with E-state index in [1.165, 1.54) is 6.07 Å². The second-order valence-electron chi connectivity index (χ2n) is 3.69. The second-order valence-corrected chi connectivity index (χ2v) is 3.69. The number of ether oxygens (including phenoxy) is 2. The van der Waals surface area contributed by atoms with Gasteiger partial charge in [-0.25, -0.2) is 4.39 Å². The van der Waals surface area contributed by atoms with E-state index in [-0.39, 0.29) is 11.9 Å². The van der Waals surface area contributed by atoms with Gasteiger partial charge in [0.2, 0.25) is 0 Å². The maximum Gasteiger partial charge on any atom is 0.148 e. The van der Waals surface area contributed by atoms with Gasteiger partial charge in [-0.2, -0.15) is 0 Å². The van der Waals surface area contributed by atoms with Gasteiger partial charge in [0.15, 0.2) is 0 Å². The Morgan fingerprint density at radius 2 is 2.31 bits per heavy atom. The van der Waals surface area contributed by atoms with Crippen LogP contribution in [-0.4, -0.2) is 32.5 Å². The van der Waals surface area contributed by atoms with Crippen LogP contribution >= 0.6 is 0 Å². The molecule has 1 aromatic carbocycles. The number of rotatable bonds is 3. The van der Waals surface area contributed by atoms with Crippen molar-refractivity contribution in [1.82, 2.24) is 0 Å². The molecule has 3 N–H and O–H groups in total. The third-order valence-corrected chi connectivity index (χ3v) is 2.40. The monoisotopic (exact) mass is 226 g/mol. The van der Waals surface area contributed by atoms with Gasteiger partial charge in [-0.15, -0.1) is 0 Å². The maximum absolute atomic E-state index is 13.4. The Kier molecular flexibility index (Phi) is 3.58. The first-order valence-corrected chi connectivity index (χ1v) is 5.24. The number of nitrogen functional groups attached to an aromatic ring is 1. The SMILES string of the molecule is Nc1ccc(NCC2COCCO2)c(F)c1. The molecule has 1 aliphatic heterocycles. The summed E-state index contributed by atoms with van der Waals surface area (Å²) in [7, 11) is 0. The first kappa shape index (κ1) is 11.2. The molecule has 5 heteroatoms. The fourth-order valence-electron chi connectivity index (χ4n) is 1.55. The molecule has 0 amide bonds. The van der Waals surface area contributed by atoms with Crippen LogP contribution in [0.3, 0.4) is 0 Å². The molecular formula is C11H15FN2O2. The van der Waals surface area contributed by atoms with Crippen LogP contribution in [0.4, 0.5) is 15.8 Å². The Hall–Kier alpha value is -1.33. The molecule has 4 nitrogen and oxygen atoms in total. The van der Waals surface area contributed by atoms with E-state index in [1.54, 1.807) is 12.1 Å². The number of nitrogens with one attached hydrogen (secondary N) is 1. The number of anilines is 2. The lowest BCUT2D eigenvalue weighted by Gasteiger charge is -2.23. The molecule has 88 valence electrons. The van der Waals surface area contributed by atoms with Crippen LogP contribution in [-0.2, 0) is 9.47 Å². The fraction of sp³-hybridized carbons (Fsp3) is 0.455. The number of halogens is 1. The molecule has 0 bridgehead atoms. The molecule has 1 heterocycles. The first-order chi connectivity index (χ1) is 7.75. The van der Waals surface area contributed by atoms with Gasteiger partial charge in [-0.3, -0.25) is 0 Å². The summed E-state index contributed by atoms with van der Waals surface area (Å²) in [5.41, 5.74) is 6.30. The van der Waals surface area contributed by atoms with Crippen molar-refractivity contribution in [2.75, 3.05) is 37.4 Å². The van der Waals surface area contributed by atoms with E-state index in [0.29, 0.717) is 37.7 Å². The van der Waals surface area contributed by atoms with Crippen molar-refractivity contribution in [2.45, 2.75) is 6.10 Å². The highest BCUT2D eigenvalue weighted by molar-refractivity contribution is 5.52. The van der Waals surface area contributed by atoms with Gasteiger partial charge in [0.1, 0.15) is 5.82 Å². The van der Waals surface area contributed by atoms with Gasteiger partial charge in [0, 0.05) is 12.2 Å². The van der Waals surface area contributed by atoms with Crippen molar-refractivity contribution in [3.8, 4) is 0 Å². The molecule has 0 spiro atoms. The highest BCUT2D eigenvalue weighted by Crippen LogP contribution is 2.17. The second kappa shape index (κ2) is 5.14. The van der Waals surface area contributed by atoms with Crippen molar-refractivity contribution >= 4 is 11.4 Å². The minimum Gasteiger partial charge on any atom is -0.399 e. The summed E-state index contributed by atoms with van der Waals surface area (Å²) in [6, 6.07) is 4.57. The predicted octanol–water partition coefficient (Wildman–Crippen LogP) is 1.24. The third kappa shape index (κ3) is 2.84. The van der Waals surface area contributed by atoms with Crippen molar-refractivity contribution < 1.29 is 13.9 Å². The number of hydrogen-bond acceptors (Lipinski definition) is 4. The van der Waals surface area contributed by atoms with Gasteiger partial charge < -0.3 is 20.5 Å². The number of nitrogens with two attached hydrogens (primary N) is 1. The van der Waals surface area contributed by atoms with Crippen molar-refractivity contribution in [1.29, 1.82) is 0 Å². The average Bonchev–Trinajstić information content (AvgIpc) is 2.29. The zero-order valence-electron chi connectivity index (χ0n) is 8.91. The van der Waals surface area contributed by atoms with E-state index < -0.39 is 0 Å². The Morgan fingerprint density at radius 3 is 3.00 bits per heavy atom. The highest BCUT2D eigenvalue weighted by Gasteiger charge is 2.14. The molecule has 1 saturated heterocycles. The van der Waals surface area contributed by atoms with E-state index in [9.17, 15) is 4.39 Å². The van der Waals surface area contributed by atoms with Gasteiger partial charge in [-0.1, -0.05) is 0 Å². The van der Waals surface area contributed by atoms with Crippen LogP contribution in [0.25, 0.3) is 0 Å². The molecule has 0 aromatic heterocycles. The Bertz CT molecular complexity index is 354. The standard InChI is InChI=1S/C11H15FN2O2/c12-10-5-8(13)1-2-11(10)14-6-9-7-15-3-4-16-9/h1-2,5,9,14H,3-4,6-7,13H2. The van der Waals surface area contributed by atoms with Gasteiger partial charge in [-0.05, 0) is 18.2 Å². The zero-order chi connectivity index (χ0) is 11.4. The summed E-state index contributed by atoms with van der Waals surface area (Å²) in [5, 5.41) is 2.97. The molecule has 1 fully saturated rings. The Balaban J connectivity index is 1.88. The van der Waals surface area contributed by atoms with Crippen molar-refractivity contribution in [2.24, 2.45) is 0 Å². The fourth-order valence-corrected chi connectivity index (χ4v) is 1.55. The third-order valence-electron chi connectivity index (χ3n) is 2.40. The topological polar surface area (TPSA) is 56.5 Å². The van der Waals surface area contributed by atoms with E-state index in [0.717, 1.165) is 0 Å². The normalized spacial score (nSPS) is 20.7. The van der Waals surface area contributed by atoms with Crippen LogP contribution < -0.4 is 11.1 Å². The minimum atomic E-state index is -0.350. The predicted molar refractivity (Wildman–Crippen MR) is 59.9 cm³/mol. The molecule has 2 rings (SSSR count). The van der Waals surface area contributed by atoms with Crippen LogP contribution in [0.1, 0.15) is 0 Å². The lowest BCUT2D eigenvalue weighted by atomic mass is 10.2. The Morgan fingerprint density at radius 1 is 1.44 bits per heavy atom. The molecule has 0 radical (unpaired) electrons. The van der Waals surface area contributed by atoms with Crippen molar-refractivity contribution in [3.63, 3.8) is 0 Å². The highest BCUT2D eigenvalue weighted by atomic mass is 19.1. The molecule has 16 heavy (non-hydrogen) atoms. The van der Waals surface area contributed by atoms with Gasteiger partial charge in [0.25, 0.3) is 0 Å². The first-order valence-electron chi connectivity index (χ1n) is 5.24. The molecule has 0 saturated carbocycles. The average molecular weight is 226 g/mol. The van der Waals surface area contributed by atoms with Gasteiger partial charge in [0.05, 0.1) is 31.6 Å². The maximum atomic E-state index is 13.4. The molecule has 1 aromatic rings. The number of hydrogen-bond donors (Lipinski definition) is 2. The van der Waals surface area contributed by atoms with E-state index in [4.69, 9.17) is 15.2 Å². The molecule has 1 aliphatic rings. The lowest BCUT2D eigenvalue weighted by molar-refractivity contribution is -0.0819. The summed E-state index contributed by atoms with van der Waals surface area (Å²) >= 11 is 0. The van der Waals surface area contributed by atoms with Crippen LogP contribution in [0.5, 0.6) is 0 Å². The quantitative estimate of drug-likeness (QED) is 0.761. The van der Waals surface area contributed by atoms with Crippen molar-refractivity contribution in [3.05, 3.63) is 24.0 Å². The molecular weight excluding hydrogens is 211 g/mol. The summed E-state index contributed by atoms with van der Waals surface area (Å²) < 4.78 is 24.1. The lowest BCUT2D eigenvalue weighted by Crippen LogP contribution is -2.34. The van der Waals surface area contributed by atoms with Crippen LogP contribution in [0.15, 0.2) is 18.2 Å². The van der Waals surface area contributed by atoms with Crippen LogP contribution in [0.2, 0.25) is 0 Å². The molecule has 0 aliphatic carbocycles. The summed E-state index contributed by atoms with van der Waals surface area (Å²) in [6.07, 6.45) is -0.0225. The molecule has 1 atom stereocenters. The largest absolute Gasteiger partial charge is 0.399 e. The summed E-state index contributed by atoms with van der Waals surface area (Å²) in [6.45, 7) is 2.30. The summed E-state index contributed by atoms with van der Waals surface area (Å²) in [4.78, 5) is 0. The summed E-state index contributed by atoms with van der Waals surface area (Å²) in [5.74, 6) is -0.350. The van der Waals surface area contributed by atoms with E-state index >= 15 is 0 Å². The molecule has 1 unspecified atom stereocenters. The zero-order valence-corrected chi connectivity index (χ0v) is 8.91. The minimum absolute atomic E-state index is 0.0225. The number of benzene rings is 1. The van der Waals surface area contributed by atoms with E-state index in [2.05, 4.69) is 5.32 Å². The smallest absolute Gasteiger partial charge is 0.148 e. The van der Waals surface area contributed by atoms with Gasteiger partial charge >= 0.3 is 0 Å².